The van der Waals surface area contributed by atoms with Crippen molar-refractivity contribution in [2.24, 2.45) is 0 Å². The van der Waals surface area contributed by atoms with Crippen molar-refractivity contribution in [3.8, 4) is 0 Å². The Morgan fingerprint density at radius 1 is 1.27 bits per heavy atom. The molecule has 0 aliphatic heterocycles. The Morgan fingerprint density at radius 3 is 2.33 bits per heavy atom. The lowest BCUT2D eigenvalue weighted by Crippen LogP contribution is -2.23. The van der Waals surface area contributed by atoms with Crippen LogP contribution in [-0.4, -0.2) is 13.1 Å². The van der Waals surface area contributed by atoms with E-state index < -0.39 is 0 Å². The molecule has 0 aliphatic carbocycles. The average molecular weight is 270 g/mol. The molecule has 0 aromatic heterocycles. The van der Waals surface area contributed by atoms with Crippen LogP contribution in [0.2, 0.25) is 0 Å². The van der Waals surface area contributed by atoms with E-state index in [-0.39, 0.29) is 5.82 Å². The lowest BCUT2D eigenvalue weighted by molar-refractivity contribution is 0.620. The molecule has 1 nitrogen and oxygen atoms in total. The van der Waals surface area contributed by atoms with Crippen LogP contribution in [0.15, 0.2) is 48.0 Å². The Labute approximate surface area is 98.0 Å². The fourth-order valence-corrected chi connectivity index (χ4v) is 1.53. The summed E-state index contributed by atoms with van der Waals surface area (Å²) in [6.45, 7) is 8.69. The van der Waals surface area contributed by atoms with E-state index in [9.17, 15) is 4.39 Å². The standard InChI is InChI=1S/C12H13BrFN/c1-3-7-15(8-4-2)10-5-6-11(13)12(14)9-10/h3-6,9H,1-2,7-8H2. The van der Waals surface area contributed by atoms with E-state index in [1.54, 1.807) is 18.2 Å². The summed E-state index contributed by atoms with van der Waals surface area (Å²) >= 11 is 3.12. The van der Waals surface area contributed by atoms with Gasteiger partial charge in [0.2, 0.25) is 0 Å². The number of halogens is 2. The fraction of sp³-hybridized carbons (Fsp3) is 0.167. The Morgan fingerprint density at radius 2 is 1.87 bits per heavy atom. The minimum atomic E-state index is -0.259. The summed E-state index contributed by atoms with van der Waals surface area (Å²) in [7, 11) is 0. The zero-order chi connectivity index (χ0) is 11.3. The van der Waals surface area contributed by atoms with Gasteiger partial charge in [0.05, 0.1) is 4.47 Å². The molecule has 15 heavy (non-hydrogen) atoms. The molecule has 0 unspecified atom stereocenters. The predicted octanol–water partition coefficient (Wildman–Crippen LogP) is 3.77. The lowest BCUT2D eigenvalue weighted by Gasteiger charge is -2.21. The van der Waals surface area contributed by atoms with Crippen LogP contribution in [0, 0.1) is 5.82 Å². The zero-order valence-corrected chi connectivity index (χ0v) is 10.0. The molecule has 0 saturated carbocycles. The molecule has 0 fully saturated rings. The van der Waals surface area contributed by atoms with E-state index in [4.69, 9.17) is 0 Å². The largest absolute Gasteiger partial charge is 0.364 e. The highest BCUT2D eigenvalue weighted by Crippen LogP contribution is 2.22. The Hall–Kier alpha value is -1.09. The van der Waals surface area contributed by atoms with Crippen molar-refractivity contribution in [3.05, 3.63) is 53.8 Å². The second kappa shape index (κ2) is 5.71. The number of rotatable bonds is 5. The molecule has 0 bridgehead atoms. The van der Waals surface area contributed by atoms with Crippen molar-refractivity contribution in [1.29, 1.82) is 0 Å². The van der Waals surface area contributed by atoms with Crippen molar-refractivity contribution in [3.63, 3.8) is 0 Å². The van der Waals surface area contributed by atoms with Crippen LogP contribution in [0.1, 0.15) is 0 Å². The van der Waals surface area contributed by atoms with Crippen LogP contribution >= 0.6 is 15.9 Å². The molecule has 0 spiro atoms. The minimum absolute atomic E-state index is 0.259. The first kappa shape index (κ1) is 12.0. The molecule has 1 aromatic rings. The van der Waals surface area contributed by atoms with Gasteiger partial charge in [-0.3, -0.25) is 0 Å². The van der Waals surface area contributed by atoms with Gasteiger partial charge in [-0.2, -0.15) is 0 Å². The third-order valence-electron chi connectivity index (χ3n) is 1.97. The van der Waals surface area contributed by atoms with Gasteiger partial charge in [0.1, 0.15) is 5.82 Å². The highest BCUT2D eigenvalue weighted by molar-refractivity contribution is 9.10. The van der Waals surface area contributed by atoms with E-state index in [2.05, 4.69) is 29.1 Å². The van der Waals surface area contributed by atoms with Crippen molar-refractivity contribution in [2.45, 2.75) is 0 Å². The van der Waals surface area contributed by atoms with E-state index in [1.807, 2.05) is 11.0 Å². The van der Waals surface area contributed by atoms with Gasteiger partial charge in [-0.15, -0.1) is 13.2 Å². The Bertz CT molecular complexity index is 353. The molecule has 0 saturated heterocycles. The van der Waals surface area contributed by atoms with E-state index in [1.165, 1.54) is 6.07 Å². The quantitative estimate of drug-likeness (QED) is 0.736. The van der Waals surface area contributed by atoms with Gasteiger partial charge in [0, 0.05) is 18.8 Å². The van der Waals surface area contributed by atoms with Crippen LogP contribution in [0.4, 0.5) is 10.1 Å². The Balaban J connectivity index is 2.94. The topological polar surface area (TPSA) is 3.24 Å². The van der Waals surface area contributed by atoms with Gasteiger partial charge < -0.3 is 4.90 Å². The summed E-state index contributed by atoms with van der Waals surface area (Å²) in [6, 6.07) is 5.06. The second-order valence-electron chi connectivity index (χ2n) is 3.08. The maximum atomic E-state index is 13.3. The molecule has 0 N–H and O–H groups in total. The van der Waals surface area contributed by atoms with Gasteiger partial charge >= 0.3 is 0 Å². The number of hydrogen-bond donors (Lipinski definition) is 0. The van der Waals surface area contributed by atoms with Crippen molar-refractivity contribution in [1.82, 2.24) is 0 Å². The normalized spacial score (nSPS) is 9.73. The zero-order valence-electron chi connectivity index (χ0n) is 8.42. The molecule has 0 atom stereocenters. The first-order valence-electron chi connectivity index (χ1n) is 4.61. The summed E-state index contributed by atoms with van der Waals surface area (Å²) in [4.78, 5) is 1.98. The highest BCUT2D eigenvalue weighted by atomic mass is 79.9. The third kappa shape index (κ3) is 3.20. The summed E-state index contributed by atoms with van der Waals surface area (Å²) < 4.78 is 13.8. The van der Waals surface area contributed by atoms with Gasteiger partial charge in [-0.1, -0.05) is 12.2 Å². The summed E-state index contributed by atoms with van der Waals surface area (Å²) in [5, 5.41) is 0. The molecule has 80 valence electrons. The maximum absolute atomic E-state index is 13.3. The first-order chi connectivity index (χ1) is 7.19. The molecule has 0 heterocycles. The molecule has 0 amide bonds. The van der Waals surface area contributed by atoms with Crippen LogP contribution in [-0.2, 0) is 0 Å². The van der Waals surface area contributed by atoms with Crippen molar-refractivity contribution < 1.29 is 4.39 Å². The van der Waals surface area contributed by atoms with Gasteiger partial charge in [-0.25, -0.2) is 4.39 Å². The van der Waals surface area contributed by atoms with Crippen LogP contribution in [0.3, 0.4) is 0 Å². The molecule has 0 radical (unpaired) electrons. The maximum Gasteiger partial charge on any atom is 0.139 e. The third-order valence-corrected chi connectivity index (χ3v) is 2.61. The number of benzene rings is 1. The van der Waals surface area contributed by atoms with Gasteiger partial charge in [0.25, 0.3) is 0 Å². The van der Waals surface area contributed by atoms with Gasteiger partial charge in [0.15, 0.2) is 0 Å². The van der Waals surface area contributed by atoms with E-state index in [0.29, 0.717) is 17.6 Å². The summed E-state index contributed by atoms with van der Waals surface area (Å²) in [6.07, 6.45) is 3.56. The monoisotopic (exact) mass is 269 g/mol. The first-order valence-corrected chi connectivity index (χ1v) is 5.40. The van der Waals surface area contributed by atoms with Crippen LogP contribution in [0.5, 0.6) is 0 Å². The molecule has 3 heteroatoms. The smallest absolute Gasteiger partial charge is 0.139 e. The van der Waals surface area contributed by atoms with Gasteiger partial charge in [-0.05, 0) is 34.1 Å². The van der Waals surface area contributed by atoms with Crippen molar-refractivity contribution >= 4 is 21.6 Å². The minimum Gasteiger partial charge on any atom is -0.364 e. The SMILES string of the molecule is C=CCN(CC=C)c1ccc(Br)c(F)c1. The average Bonchev–Trinajstić information content (AvgIpc) is 2.22. The fourth-order valence-electron chi connectivity index (χ4n) is 1.28. The summed E-state index contributed by atoms with van der Waals surface area (Å²) in [5.41, 5.74) is 0.829. The van der Waals surface area contributed by atoms with Crippen LogP contribution in [0.25, 0.3) is 0 Å². The summed E-state index contributed by atoms with van der Waals surface area (Å²) in [5.74, 6) is -0.259. The molecular formula is C12H13BrFN. The highest BCUT2D eigenvalue weighted by Gasteiger charge is 2.05. The second-order valence-corrected chi connectivity index (χ2v) is 3.94. The van der Waals surface area contributed by atoms with E-state index in [0.717, 1.165) is 5.69 Å². The Kier molecular flexibility index (Phi) is 4.56. The van der Waals surface area contributed by atoms with E-state index >= 15 is 0 Å². The van der Waals surface area contributed by atoms with Crippen LogP contribution < -0.4 is 4.90 Å². The molecular weight excluding hydrogens is 257 g/mol. The lowest BCUT2D eigenvalue weighted by atomic mass is 10.2. The number of hydrogen-bond acceptors (Lipinski definition) is 1. The molecule has 1 aromatic carbocycles. The number of nitrogens with zero attached hydrogens (tertiary/aromatic N) is 1. The van der Waals surface area contributed by atoms with Crippen molar-refractivity contribution in [2.75, 3.05) is 18.0 Å². The molecule has 1 rings (SSSR count). The number of anilines is 1. The molecule has 0 aliphatic rings. The predicted molar refractivity (Wildman–Crippen MR) is 66.7 cm³/mol.